The molecule has 2 amide bonds. The number of aliphatic imine (C=N–C) groups is 1. The number of carbonyl (C=O) groups is 2. The minimum Gasteiger partial charge on any atom is -0.310 e. The van der Waals surface area contributed by atoms with Crippen molar-refractivity contribution in [2.24, 2.45) is 4.99 Å². The van der Waals surface area contributed by atoms with Gasteiger partial charge < -0.3 is 5.32 Å². The minimum atomic E-state index is -0.267. The van der Waals surface area contributed by atoms with Gasteiger partial charge in [0, 0.05) is 6.20 Å². The number of rotatable bonds is 4. The van der Waals surface area contributed by atoms with Gasteiger partial charge in [-0.15, -0.1) is 0 Å². The number of nitrogens with zero attached hydrogens (tertiary/aromatic N) is 2. The van der Waals surface area contributed by atoms with Crippen molar-refractivity contribution in [1.82, 2.24) is 4.98 Å². The van der Waals surface area contributed by atoms with Crippen molar-refractivity contribution in [3.63, 3.8) is 0 Å². The van der Waals surface area contributed by atoms with E-state index in [4.69, 9.17) is 0 Å². The topological polar surface area (TPSA) is 71.4 Å². The molecule has 0 saturated heterocycles. The monoisotopic (exact) mass is 355 g/mol. The number of anilines is 1. The molecule has 1 aromatic heterocycles. The SMILES string of the molecule is O=C(CSC1=NC(=O)C(=Cc2ccccc2)S1)Nc1ccccn1. The summed E-state index contributed by atoms with van der Waals surface area (Å²) in [6, 6.07) is 14.9. The van der Waals surface area contributed by atoms with E-state index in [1.54, 1.807) is 30.5 Å². The highest BCUT2D eigenvalue weighted by Crippen LogP contribution is 2.33. The Morgan fingerprint density at radius 1 is 1.17 bits per heavy atom. The molecule has 2 heterocycles. The molecular weight excluding hydrogens is 342 g/mol. The van der Waals surface area contributed by atoms with Gasteiger partial charge in [-0.3, -0.25) is 9.59 Å². The number of pyridine rings is 1. The Hall–Kier alpha value is -2.38. The molecule has 3 rings (SSSR count). The largest absolute Gasteiger partial charge is 0.310 e. The highest BCUT2D eigenvalue weighted by Gasteiger charge is 2.22. The second-order valence-electron chi connectivity index (χ2n) is 4.76. The van der Waals surface area contributed by atoms with E-state index in [1.807, 2.05) is 30.3 Å². The average Bonchev–Trinajstić information content (AvgIpc) is 2.95. The summed E-state index contributed by atoms with van der Waals surface area (Å²) in [5, 5.41) is 2.69. The molecule has 0 aliphatic carbocycles. The summed E-state index contributed by atoms with van der Waals surface area (Å²) in [6.45, 7) is 0. The molecule has 0 radical (unpaired) electrons. The Kier molecular flexibility index (Phi) is 5.45. The Morgan fingerprint density at radius 3 is 2.71 bits per heavy atom. The highest BCUT2D eigenvalue weighted by atomic mass is 32.2. The van der Waals surface area contributed by atoms with Gasteiger partial charge in [-0.2, -0.15) is 4.99 Å². The molecule has 0 unspecified atom stereocenters. The minimum absolute atomic E-state index is 0.175. The van der Waals surface area contributed by atoms with Crippen LogP contribution in [0.5, 0.6) is 0 Å². The standard InChI is InChI=1S/C17H13N3O2S2/c21-15(19-14-8-4-5-9-18-14)11-23-17-20-16(22)13(24-17)10-12-6-2-1-3-7-12/h1-10H,11H2,(H,18,19,21). The number of amides is 2. The van der Waals surface area contributed by atoms with Crippen LogP contribution in [0, 0.1) is 0 Å². The molecule has 2 aromatic rings. The third kappa shape index (κ3) is 4.56. The van der Waals surface area contributed by atoms with Crippen molar-refractivity contribution < 1.29 is 9.59 Å². The summed E-state index contributed by atoms with van der Waals surface area (Å²) in [6.07, 6.45) is 3.41. The molecule has 0 saturated carbocycles. The van der Waals surface area contributed by atoms with Crippen LogP contribution in [0.2, 0.25) is 0 Å². The normalized spacial score (nSPS) is 15.4. The Morgan fingerprint density at radius 2 is 1.96 bits per heavy atom. The quantitative estimate of drug-likeness (QED) is 0.851. The molecule has 1 aliphatic rings. The predicted octanol–water partition coefficient (Wildman–Crippen LogP) is 3.42. The zero-order valence-corrected chi connectivity index (χ0v) is 14.1. The Bertz CT molecular complexity index is 805. The lowest BCUT2D eigenvalue weighted by Gasteiger charge is -2.03. The molecule has 1 N–H and O–H groups in total. The number of carbonyl (C=O) groups excluding carboxylic acids is 2. The summed E-state index contributed by atoms with van der Waals surface area (Å²) in [7, 11) is 0. The first kappa shape index (κ1) is 16.5. The van der Waals surface area contributed by atoms with Crippen LogP contribution < -0.4 is 5.32 Å². The van der Waals surface area contributed by atoms with Crippen molar-refractivity contribution in [3.8, 4) is 0 Å². The fourth-order valence-electron chi connectivity index (χ4n) is 1.90. The number of hydrogen-bond acceptors (Lipinski definition) is 5. The van der Waals surface area contributed by atoms with E-state index in [1.165, 1.54) is 23.5 Å². The second-order valence-corrected chi connectivity index (χ2v) is 7.01. The van der Waals surface area contributed by atoms with Crippen LogP contribution >= 0.6 is 23.5 Å². The summed E-state index contributed by atoms with van der Waals surface area (Å²) in [5.41, 5.74) is 0.947. The average molecular weight is 355 g/mol. The summed E-state index contributed by atoms with van der Waals surface area (Å²) in [4.78, 5) is 32.4. The Labute approximate surface area is 147 Å². The summed E-state index contributed by atoms with van der Waals surface area (Å²) in [5.74, 6) is 0.227. The summed E-state index contributed by atoms with van der Waals surface area (Å²) < 4.78 is 0.582. The first-order valence-electron chi connectivity index (χ1n) is 7.12. The third-order valence-electron chi connectivity index (χ3n) is 2.96. The lowest BCUT2D eigenvalue weighted by atomic mass is 10.2. The molecule has 0 bridgehead atoms. The predicted molar refractivity (Wildman–Crippen MR) is 99.8 cm³/mol. The van der Waals surface area contributed by atoms with Gasteiger partial charge in [-0.25, -0.2) is 4.98 Å². The van der Waals surface area contributed by atoms with Gasteiger partial charge in [0.1, 0.15) is 10.2 Å². The molecule has 1 aliphatic heterocycles. The molecule has 0 spiro atoms. The number of nitrogens with one attached hydrogen (secondary N) is 1. The van der Waals surface area contributed by atoms with E-state index in [2.05, 4.69) is 15.3 Å². The van der Waals surface area contributed by atoms with Crippen LogP contribution in [0.15, 0.2) is 64.6 Å². The molecule has 5 nitrogen and oxygen atoms in total. The number of hydrogen-bond donors (Lipinski definition) is 1. The first-order valence-corrected chi connectivity index (χ1v) is 8.92. The number of thioether (sulfide) groups is 2. The van der Waals surface area contributed by atoms with Gasteiger partial charge in [0.15, 0.2) is 0 Å². The van der Waals surface area contributed by atoms with Crippen molar-refractivity contribution in [1.29, 1.82) is 0 Å². The van der Waals surface area contributed by atoms with Crippen molar-refractivity contribution in [2.45, 2.75) is 0 Å². The van der Waals surface area contributed by atoms with E-state index in [-0.39, 0.29) is 17.6 Å². The van der Waals surface area contributed by atoms with E-state index >= 15 is 0 Å². The van der Waals surface area contributed by atoms with Crippen LogP contribution in [0.4, 0.5) is 5.82 Å². The lowest BCUT2D eigenvalue weighted by Crippen LogP contribution is -2.15. The fourth-order valence-corrected chi connectivity index (χ4v) is 3.70. The molecule has 0 atom stereocenters. The van der Waals surface area contributed by atoms with Gasteiger partial charge in [-0.05, 0) is 23.8 Å². The molecule has 7 heteroatoms. The Balaban J connectivity index is 1.54. The third-order valence-corrected chi connectivity index (χ3v) is 5.08. The fraction of sp³-hybridized carbons (Fsp3) is 0.0588. The smallest absolute Gasteiger partial charge is 0.285 e. The first-order chi connectivity index (χ1) is 11.7. The zero-order chi connectivity index (χ0) is 16.8. The van der Waals surface area contributed by atoms with Crippen LogP contribution in [0.25, 0.3) is 6.08 Å². The van der Waals surface area contributed by atoms with Gasteiger partial charge >= 0.3 is 0 Å². The molecule has 24 heavy (non-hydrogen) atoms. The molecule has 0 fully saturated rings. The number of aromatic nitrogens is 1. The van der Waals surface area contributed by atoms with Crippen molar-refractivity contribution in [3.05, 3.63) is 65.2 Å². The van der Waals surface area contributed by atoms with Gasteiger partial charge in [0.25, 0.3) is 5.91 Å². The molecular formula is C17H13N3O2S2. The second kappa shape index (κ2) is 7.94. The maximum absolute atomic E-state index is 11.9. The highest BCUT2D eigenvalue weighted by molar-refractivity contribution is 8.41. The van der Waals surface area contributed by atoms with Gasteiger partial charge in [-0.1, -0.05) is 59.9 Å². The van der Waals surface area contributed by atoms with Crippen LogP contribution in [-0.2, 0) is 9.59 Å². The van der Waals surface area contributed by atoms with E-state index < -0.39 is 0 Å². The van der Waals surface area contributed by atoms with Crippen LogP contribution in [0.1, 0.15) is 5.56 Å². The number of benzene rings is 1. The van der Waals surface area contributed by atoms with E-state index in [0.29, 0.717) is 15.1 Å². The van der Waals surface area contributed by atoms with Crippen molar-refractivity contribution in [2.75, 3.05) is 11.1 Å². The van der Waals surface area contributed by atoms with Crippen LogP contribution in [0.3, 0.4) is 0 Å². The van der Waals surface area contributed by atoms with Gasteiger partial charge in [0.2, 0.25) is 5.91 Å². The zero-order valence-electron chi connectivity index (χ0n) is 12.5. The maximum Gasteiger partial charge on any atom is 0.285 e. The van der Waals surface area contributed by atoms with Crippen molar-refractivity contribution >= 4 is 51.6 Å². The molecule has 120 valence electrons. The maximum atomic E-state index is 11.9. The van der Waals surface area contributed by atoms with E-state index in [9.17, 15) is 9.59 Å². The van der Waals surface area contributed by atoms with Gasteiger partial charge in [0.05, 0.1) is 10.7 Å². The van der Waals surface area contributed by atoms with E-state index in [0.717, 1.165) is 5.56 Å². The molecule has 1 aromatic carbocycles. The lowest BCUT2D eigenvalue weighted by molar-refractivity contribution is -0.114. The summed E-state index contributed by atoms with van der Waals surface area (Å²) >= 11 is 2.53. The van der Waals surface area contributed by atoms with Crippen LogP contribution in [-0.4, -0.2) is 26.9 Å².